The molecule has 1 aliphatic rings. The summed E-state index contributed by atoms with van der Waals surface area (Å²) in [5, 5.41) is 6.12. The van der Waals surface area contributed by atoms with E-state index < -0.39 is 11.9 Å². The van der Waals surface area contributed by atoms with Gasteiger partial charge in [0.1, 0.15) is 5.75 Å². The number of carbonyl (C=O) groups excluding carboxylic acids is 2. The summed E-state index contributed by atoms with van der Waals surface area (Å²) in [6, 6.07) is 13.8. The summed E-state index contributed by atoms with van der Waals surface area (Å²) in [5.74, 6) is 0.364. The topological polar surface area (TPSA) is 102 Å². The molecule has 0 spiro atoms. The summed E-state index contributed by atoms with van der Waals surface area (Å²) in [6.45, 7) is 2.12. The summed E-state index contributed by atoms with van der Waals surface area (Å²) in [5.41, 5.74) is 0.799. The van der Waals surface area contributed by atoms with Crippen LogP contribution in [0.5, 0.6) is 5.75 Å². The van der Waals surface area contributed by atoms with Crippen molar-refractivity contribution in [1.29, 1.82) is 0 Å². The number of fused-ring (bicyclic) bond motifs is 1. The van der Waals surface area contributed by atoms with Crippen molar-refractivity contribution in [2.45, 2.75) is 43.8 Å². The van der Waals surface area contributed by atoms with E-state index in [1.54, 1.807) is 42.5 Å². The summed E-state index contributed by atoms with van der Waals surface area (Å²) in [4.78, 5) is 42.9. The lowest BCUT2D eigenvalue weighted by molar-refractivity contribution is -0.117. The van der Waals surface area contributed by atoms with Crippen LogP contribution in [0.4, 0.5) is 4.79 Å². The summed E-state index contributed by atoms with van der Waals surface area (Å²) >= 11 is 1.09. The molecule has 4 rings (SSSR count). The maximum Gasteiger partial charge on any atom is 0.321 e. The molecule has 3 aromatic rings. The molecule has 0 bridgehead atoms. The van der Waals surface area contributed by atoms with E-state index in [-0.39, 0.29) is 17.4 Å². The maximum absolute atomic E-state index is 13.4. The largest absolute Gasteiger partial charge is 0.495 e. The van der Waals surface area contributed by atoms with E-state index in [1.807, 2.05) is 6.07 Å². The number of thioether (sulfide) groups is 1. The molecule has 1 fully saturated rings. The Morgan fingerprint density at radius 1 is 1.12 bits per heavy atom. The number of imide groups is 1. The quantitative estimate of drug-likeness (QED) is 0.410. The molecule has 1 aliphatic carbocycles. The number of nitrogens with one attached hydrogen (secondary N) is 2. The van der Waals surface area contributed by atoms with E-state index in [0.29, 0.717) is 33.4 Å². The second-order valence-corrected chi connectivity index (χ2v) is 9.34. The monoisotopic (exact) mass is 480 g/mol. The number of urea groups is 1. The number of benzene rings is 2. The number of amides is 3. The first-order chi connectivity index (χ1) is 16.5. The second kappa shape index (κ2) is 10.7. The van der Waals surface area contributed by atoms with E-state index in [2.05, 4.69) is 22.5 Å². The van der Waals surface area contributed by atoms with Crippen LogP contribution in [-0.2, 0) is 4.79 Å². The number of ether oxygens (including phenoxy) is 1. The number of aromatic nitrogens is 2. The zero-order valence-corrected chi connectivity index (χ0v) is 20.1. The highest BCUT2D eigenvalue weighted by molar-refractivity contribution is 7.99. The minimum absolute atomic E-state index is 0.0758. The zero-order valence-electron chi connectivity index (χ0n) is 19.2. The normalized spacial score (nSPS) is 17.8. The predicted octanol–water partition coefficient (Wildman–Crippen LogP) is 3.89. The Bertz CT molecular complexity index is 1260. The van der Waals surface area contributed by atoms with Crippen molar-refractivity contribution in [3.05, 3.63) is 58.9 Å². The predicted molar refractivity (Wildman–Crippen MR) is 133 cm³/mol. The van der Waals surface area contributed by atoms with Crippen molar-refractivity contribution >= 4 is 34.6 Å². The van der Waals surface area contributed by atoms with Gasteiger partial charge in [0.25, 0.3) is 5.56 Å². The first kappa shape index (κ1) is 23.8. The third-order valence-electron chi connectivity index (χ3n) is 6.08. The number of hydrogen-bond donors (Lipinski definition) is 2. The van der Waals surface area contributed by atoms with Gasteiger partial charge in [-0.1, -0.05) is 55.8 Å². The number of hydrogen-bond acceptors (Lipinski definition) is 6. The first-order valence-electron chi connectivity index (χ1n) is 11.4. The maximum atomic E-state index is 13.4. The van der Waals surface area contributed by atoms with Crippen LogP contribution >= 0.6 is 11.8 Å². The Kier molecular flexibility index (Phi) is 7.52. The number of carbonyl (C=O) groups is 2. The highest BCUT2D eigenvalue weighted by Crippen LogP contribution is 2.27. The van der Waals surface area contributed by atoms with E-state index >= 15 is 0 Å². The molecular weight excluding hydrogens is 452 g/mol. The van der Waals surface area contributed by atoms with Crippen LogP contribution in [-0.4, -0.2) is 40.4 Å². The molecule has 0 saturated heterocycles. The summed E-state index contributed by atoms with van der Waals surface area (Å²) < 4.78 is 6.90. The fourth-order valence-corrected chi connectivity index (χ4v) is 5.07. The van der Waals surface area contributed by atoms with Gasteiger partial charge in [-0.2, -0.15) is 0 Å². The van der Waals surface area contributed by atoms with Crippen molar-refractivity contribution in [2.24, 2.45) is 5.92 Å². The SMILES string of the molecule is COc1ccccc1-n1c(SCC(=O)NC(=O)N[C@H]2CCCC[C@H]2C)nc2ccccc2c1=O. The molecule has 1 saturated carbocycles. The van der Waals surface area contributed by atoms with Gasteiger partial charge in [0.2, 0.25) is 5.91 Å². The van der Waals surface area contributed by atoms with Crippen LogP contribution in [0.3, 0.4) is 0 Å². The number of methoxy groups -OCH3 is 1. The van der Waals surface area contributed by atoms with Crippen molar-refractivity contribution in [2.75, 3.05) is 12.9 Å². The smallest absolute Gasteiger partial charge is 0.321 e. The number of nitrogens with zero attached hydrogens (tertiary/aromatic N) is 2. The lowest BCUT2D eigenvalue weighted by atomic mass is 9.86. The van der Waals surface area contributed by atoms with Gasteiger partial charge in [0, 0.05) is 6.04 Å². The Morgan fingerprint density at radius 2 is 1.85 bits per heavy atom. The first-order valence-corrected chi connectivity index (χ1v) is 12.3. The molecule has 2 atom stereocenters. The molecular formula is C25H28N4O4S. The highest BCUT2D eigenvalue weighted by Gasteiger charge is 2.24. The molecule has 2 aromatic carbocycles. The average Bonchev–Trinajstić information content (AvgIpc) is 2.84. The molecule has 9 heteroatoms. The zero-order chi connectivity index (χ0) is 24.1. The van der Waals surface area contributed by atoms with Crippen LogP contribution in [0.1, 0.15) is 32.6 Å². The Balaban J connectivity index is 1.55. The van der Waals surface area contributed by atoms with Crippen LogP contribution < -0.4 is 20.9 Å². The van der Waals surface area contributed by atoms with E-state index in [0.717, 1.165) is 31.0 Å². The minimum atomic E-state index is -0.488. The minimum Gasteiger partial charge on any atom is -0.495 e. The molecule has 1 aromatic heterocycles. The molecule has 0 unspecified atom stereocenters. The lowest BCUT2D eigenvalue weighted by Gasteiger charge is -2.29. The number of para-hydroxylation sites is 3. The van der Waals surface area contributed by atoms with Gasteiger partial charge in [-0.25, -0.2) is 9.78 Å². The van der Waals surface area contributed by atoms with Crippen molar-refractivity contribution in [3.8, 4) is 11.4 Å². The van der Waals surface area contributed by atoms with Crippen molar-refractivity contribution < 1.29 is 14.3 Å². The fraction of sp³-hybridized carbons (Fsp3) is 0.360. The Hall–Kier alpha value is -3.33. The van der Waals surface area contributed by atoms with Gasteiger partial charge in [0.15, 0.2) is 5.16 Å². The average molecular weight is 481 g/mol. The Morgan fingerprint density at radius 3 is 2.65 bits per heavy atom. The molecule has 2 N–H and O–H groups in total. The molecule has 1 heterocycles. The van der Waals surface area contributed by atoms with Gasteiger partial charge >= 0.3 is 6.03 Å². The highest BCUT2D eigenvalue weighted by atomic mass is 32.2. The third kappa shape index (κ3) is 5.25. The molecule has 8 nitrogen and oxygen atoms in total. The fourth-order valence-electron chi connectivity index (χ4n) is 4.26. The van der Waals surface area contributed by atoms with Gasteiger partial charge in [-0.3, -0.25) is 19.5 Å². The van der Waals surface area contributed by atoms with Gasteiger partial charge < -0.3 is 10.1 Å². The van der Waals surface area contributed by atoms with Crippen LogP contribution in [0.15, 0.2) is 58.5 Å². The third-order valence-corrected chi connectivity index (χ3v) is 7.02. The molecule has 0 radical (unpaired) electrons. The molecule has 0 aliphatic heterocycles. The molecule has 34 heavy (non-hydrogen) atoms. The second-order valence-electron chi connectivity index (χ2n) is 8.40. The van der Waals surface area contributed by atoms with Gasteiger partial charge in [-0.15, -0.1) is 0 Å². The lowest BCUT2D eigenvalue weighted by Crippen LogP contribution is -2.48. The van der Waals surface area contributed by atoms with Gasteiger partial charge in [-0.05, 0) is 43.0 Å². The molecule has 178 valence electrons. The van der Waals surface area contributed by atoms with E-state index in [9.17, 15) is 14.4 Å². The molecule has 3 amide bonds. The summed E-state index contributed by atoms with van der Waals surface area (Å²) in [6.07, 6.45) is 4.24. The summed E-state index contributed by atoms with van der Waals surface area (Å²) in [7, 11) is 1.53. The van der Waals surface area contributed by atoms with Crippen LogP contribution in [0.25, 0.3) is 16.6 Å². The van der Waals surface area contributed by atoms with E-state index in [1.165, 1.54) is 18.1 Å². The van der Waals surface area contributed by atoms with E-state index in [4.69, 9.17) is 4.74 Å². The Labute approximate surface area is 202 Å². The number of rotatable bonds is 6. The van der Waals surface area contributed by atoms with Gasteiger partial charge in [0.05, 0.1) is 29.5 Å². The van der Waals surface area contributed by atoms with Crippen molar-refractivity contribution in [3.63, 3.8) is 0 Å². The van der Waals surface area contributed by atoms with Crippen LogP contribution in [0.2, 0.25) is 0 Å². The van der Waals surface area contributed by atoms with Crippen LogP contribution in [0, 0.1) is 5.92 Å². The van der Waals surface area contributed by atoms with Crippen molar-refractivity contribution in [1.82, 2.24) is 20.2 Å². The standard InChI is InChI=1S/C25H28N4O4S/c1-16-9-3-5-11-18(16)26-24(32)28-22(30)15-34-25-27-19-12-6-4-10-17(19)23(31)29(25)20-13-7-8-14-21(20)33-2/h4,6-8,10,12-14,16,18H,3,5,9,11,15H2,1-2H3,(H2,26,28,30,32)/t16-,18+/m1/s1.